The first-order valence-corrected chi connectivity index (χ1v) is 6.62. The van der Waals surface area contributed by atoms with Gasteiger partial charge in [-0.05, 0) is 12.8 Å². The number of aromatic amines is 1. The number of anilines is 1. The molecule has 5 nitrogen and oxygen atoms in total. The number of aromatic nitrogens is 3. The quantitative estimate of drug-likeness (QED) is 0.883. The monoisotopic (exact) mass is 256 g/mol. The van der Waals surface area contributed by atoms with Crippen LogP contribution in [0.1, 0.15) is 25.7 Å². The Morgan fingerprint density at radius 2 is 1.84 bits per heavy atom. The van der Waals surface area contributed by atoms with Gasteiger partial charge in [-0.25, -0.2) is 0 Å². The molecule has 0 amide bonds. The Kier molecular flexibility index (Phi) is 3.27. The molecule has 0 atom stereocenters. The van der Waals surface area contributed by atoms with Crippen LogP contribution in [0.3, 0.4) is 0 Å². The number of H-pyrrole nitrogens is 1. The minimum atomic E-state index is -0.207. The van der Waals surface area contributed by atoms with Gasteiger partial charge in [-0.2, -0.15) is 0 Å². The van der Waals surface area contributed by atoms with Crippen molar-refractivity contribution in [1.82, 2.24) is 15.2 Å². The molecule has 1 aliphatic rings. The summed E-state index contributed by atoms with van der Waals surface area (Å²) in [6, 6.07) is 9.77. The van der Waals surface area contributed by atoms with Gasteiger partial charge < -0.3 is 5.32 Å². The number of nitrogens with zero attached hydrogens (tertiary/aromatic N) is 2. The van der Waals surface area contributed by atoms with Gasteiger partial charge in [0, 0.05) is 11.6 Å². The Labute approximate surface area is 111 Å². The summed E-state index contributed by atoms with van der Waals surface area (Å²) in [6.07, 6.45) is 4.73. The normalized spacial score (nSPS) is 15.6. The van der Waals surface area contributed by atoms with E-state index in [0.717, 1.165) is 18.4 Å². The highest BCUT2D eigenvalue weighted by Crippen LogP contribution is 2.20. The lowest BCUT2D eigenvalue weighted by Crippen LogP contribution is -2.22. The lowest BCUT2D eigenvalue weighted by Gasteiger charge is -2.11. The van der Waals surface area contributed by atoms with Crippen molar-refractivity contribution in [2.24, 2.45) is 0 Å². The van der Waals surface area contributed by atoms with Crippen molar-refractivity contribution in [1.29, 1.82) is 0 Å². The number of rotatable bonds is 3. The molecule has 1 aromatic heterocycles. The first kappa shape index (κ1) is 11.9. The highest BCUT2D eigenvalue weighted by Gasteiger charge is 2.16. The molecule has 0 bridgehead atoms. The highest BCUT2D eigenvalue weighted by molar-refractivity contribution is 5.57. The fraction of sp³-hybridized carbons (Fsp3) is 0.357. The van der Waals surface area contributed by atoms with E-state index in [1.165, 1.54) is 12.8 Å². The fourth-order valence-electron chi connectivity index (χ4n) is 2.45. The maximum absolute atomic E-state index is 12.0. The van der Waals surface area contributed by atoms with Crippen LogP contribution in [0.25, 0.3) is 11.3 Å². The van der Waals surface area contributed by atoms with Crippen LogP contribution in [0.15, 0.2) is 35.1 Å². The summed E-state index contributed by atoms with van der Waals surface area (Å²) < 4.78 is 0. The summed E-state index contributed by atoms with van der Waals surface area (Å²) in [6.45, 7) is 0. The van der Waals surface area contributed by atoms with Crippen LogP contribution >= 0.6 is 0 Å². The Morgan fingerprint density at radius 1 is 1.11 bits per heavy atom. The number of hydrogen-bond donors (Lipinski definition) is 2. The van der Waals surface area contributed by atoms with Crippen molar-refractivity contribution < 1.29 is 0 Å². The summed E-state index contributed by atoms with van der Waals surface area (Å²) >= 11 is 0. The molecule has 2 aromatic rings. The van der Waals surface area contributed by atoms with E-state index in [4.69, 9.17) is 0 Å². The summed E-state index contributed by atoms with van der Waals surface area (Å²) in [4.78, 5) is 14.8. The smallest absolute Gasteiger partial charge is 0.279 e. The average Bonchev–Trinajstić information content (AvgIpc) is 2.93. The molecule has 0 unspecified atom stereocenters. The predicted octanol–water partition coefficient (Wildman–Crippen LogP) is 2.19. The lowest BCUT2D eigenvalue weighted by atomic mass is 10.2. The molecule has 98 valence electrons. The zero-order valence-corrected chi connectivity index (χ0v) is 10.6. The maximum Gasteiger partial charge on any atom is 0.279 e. The van der Waals surface area contributed by atoms with Crippen LogP contribution in [-0.2, 0) is 0 Å². The number of hydrogen-bond acceptors (Lipinski definition) is 4. The molecule has 0 saturated heterocycles. The van der Waals surface area contributed by atoms with E-state index in [2.05, 4.69) is 20.5 Å². The van der Waals surface area contributed by atoms with Crippen molar-refractivity contribution in [3.63, 3.8) is 0 Å². The zero-order valence-electron chi connectivity index (χ0n) is 10.6. The van der Waals surface area contributed by atoms with Gasteiger partial charge in [0.25, 0.3) is 5.56 Å². The topological polar surface area (TPSA) is 70.7 Å². The maximum atomic E-state index is 12.0. The second-order valence-corrected chi connectivity index (χ2v) is 4.84. The van der Waals surface area contributed by atoms with E-state index >= 15 is 0 Å². The van der Waals surface area contributed by atoms with Gasteiger partial charge in [-0.3, -0.25) is 9.78 Å². The van der Waals surface area contributed by atoms with Gasteiger partial charge in [0.05, 0.1) is 0 Å². The molecule has 19 heavy (non-hydrogen) atoms. The van der Waals surface area contributed by atoms with Gasteiger partial charge in [-0.1, -0.05) is 43.2 Å². The SMILES string of the molecule is O=c1[nH]c(NC2CCCC2)nnc1-c1ccccc1. The van der Waals surface area contributed by atoms with Crippen molar-refractivity contribution in [3.8, 4) is 11.3 Å². The van der Waals surface area contributed by atoms with Crippen LogP contribution in [0.5, 0.6) is 0 Å². The van der Waals surface area contributed by atoms with Crippen LogP contribution < -0.4 is 10.9 Å². The molecule has 0 aliphatic heterocycles. The third kappa shape index (κ3) is 2.65. The minimum Gasteiger partial charge on any atom is -0.352 e. The Morgan fingerprint density at radius 3 is 2.53 bits per heavy atom. The molecule has 1 heterocycles. The zero-order chi connectivity index (χ0) is 13.1. The van der Waals surface area contributed by atoms with Crippen LogP contribution in [0.4, 0.5) is 5.95 Å². The molecule has 0 radical (unpaired) electrons. The summed E-state index contributed by atoms with van der Waals surface area (Å²) in [5, 5.41) is 11.3. The van der Waals surface area contributed by atoms with E-state index in [1.807, 2.05) is 30.3 Å². The Hall–Kier alpha value is -2.17. The highest BCUT2D eigenvalue weighted by atomic mass is 16.1. The number of nitrogens with one attached hydrogen (secondary N) is 2. The molecular weight excluding hydrogens is 240 g/mol. The van der Waals surface area contributed by atoms with Crippen LogP contribution in [0.2, 0.25) is 0 Å². The van der Waals surface area contributed by atoms with E-state index in [-0.39, 0.29) is 5.56 Å². The second kappa shape index (κ2) is 5.22. The van der Waals surface area contributed by atoms with Gasteiger partial charge in [-0.15, -0.1) is 10.2 Å². The molecule has 1 aliphatic carbocycles. The molecular formula is C14H16N4O. The van der Waals surface area contributed by atoms with Crippen LogP contribution in [0, 0.1) is 0 Å². The largest absolute Gasteiger partial charge is 0.352 e. The molecule has 0 spiro atoms. The Balaban J connectivity index is 1.84. The van der Waals surface area contributed by atoms with E-state index < -0.39 is 0 Å². The van der Waals surface area contributed by atoms with Gasteiger partial charge in [0.15, 0.2) is 5.69 Å². The van der Waals surface area contributed by atoms with Gasteiger partial charge in [0.1, 0.15) is 0 Å². The van der Waals surface area contributed by atoms with Crippen molar-refractivity contribution in [3.05, 3.63) is 40.7 Å². The first-order valence-electron chi connectivity index (χ1n) is 6.62. The summed E-state index contributed by atoms with van der Waals surface area (Å²) in [7, 11) is 0. The second-order valence-electron chi connectivity index (χ2n) is 4.84. The fourth-order valence-corrected chi connectivity index (χ4v) is 2.45. The molecule has 1 saturated carbocycles. The van der Waals surface area contributed by atoms with E-state index in [0.29, 0.717) is 17.7 Å². The lowest BCUT2D eigenvalue weighted by molar-refractivity contribution is 0.736. The van der Waals surface area contributed by atoms with E-state index in [9.17, 15) is 4.79 Å². The van der Waals surface area contributed by atoms with Crippen LogP contribution in [-0.4, -0.2) is 21.2 Å². The van der Waals surface area contributed by atoms with Gasteiger partial charge in [0.2, 0.25) is 5.95 Å². The first-order chi connectivity index (χ1) is 9.33. The predicted molar refractivity (Wildman–Crippen MR) is 74.0 cm³/mol. The van der Waals surface area contributed by atoms with Gasteiger partial charge >= 0.3 is 0 Å². The average molecular weight is 256 g/mol. The third-order valence-corrected chi connectivity index (χ3v) is 3.44. The third-order valence-electron chi connectivity index (χ3n) is 3.44. The Bertz CT molecular complexity index is 602. The molecule has 5 heteroatoms. The molecule has 1 fully saturated rings. The van der Waals surface area contributed by atoms with Crippen molar-refractivity contribution >= 4 is 5.95 Å². The standard InChI is InChI=1S/C14H16N4O/c19-13-12(10-6-2-1-3-7-10)17-18-14(16-13)15-11-8-4-5-9-11/h1-3,6-7,11H,4-5,8-9H2,(H2,15,16,18,19). The number of benzene rings is 1. The minimum absolute atomic E-state index is 0.207. The molecule has 3 rings (SSSR count). The van der Waals surface area contributed by atoms with E-state index in [1.54, 1.807) is 0 Å². The van der Waals surface area contributed by atoms with Crippen molar-refractivity contribution in [2.45, 2.75) is 31.7 Å². The summed E-state index contributed by atoms with van der Waals surface area (Å²) in [5.41, 5.74) is 0.933. The summed E-state index contributed by atoms with van der Waals surface area (Å²) in [5.74, 6) is 0.469. The van der Waals surface area contributed by atoms with Crippen molar-refractivity contribution in [2.75, 3.05) is 5.32 Å². The molecule has 2 N–H and O–H groups in total. The molecule has 1 aromatic carbocycles.